The van der Waals surface area contributed by atoms with Crippen molar-refractivity contribution in [1.29, 1.82) is 0 Å². The van der Waals surface area contributed by atoms with Crippen LogP contribution in [0.3, 0.4) is 0 Å². The largest absolute Gasteiger partial charge is 0.486 e. The van der Waals surface area contributed by atoms with E-state index in [9.17, 15) is 0 Å². The summed E-state index contributed by atoms with van der Waals surface area (Å²) in [5.41, 5.74) is 6.65. The van der Waals surface area contributed by atoms with Gasteiger partial charge in [0.15, 0.2) is 0 Å². The molecule has 100 valence electrons. The summed E-state index contributed by atoms with van der Waals surface area (Å²) in [6.07, 6.45) is 3.52. The highest BCUT2D eigenvalue weighted by atomic mass is 16.5. The van der Waals surface area contributed by atoms with Crippen LogP contribution in [0.1, 0.15) is 12.5 Å². The molecule has 0 saturated carbocycles. The molecule has 1 aliphatic heterocycles. The van der Waals surface area contributed by atoms with Crippen molar-refractivity contribution in [2.45, 2.75) is 25.7 Å². The minimum atomic E-state index is -0.0118. The summed E-state index contributed by atoms with van der Waals surface area (Å²) in [6.45, 7) is 5.10. The van der Waals surface area contributed by atoms with E-state index in [-0.39, 0.29) is 12.2 Å². The molecule has 0 bridgehead atoms. The van der Waals surface area contributed by atoms with Crippen LogP contribution in [0.15, 0.2) is 18.5 Å². The highest BCUT2D eigenvalue weighted by Crippen LogP contribution is 2.20. The fraction of sp³-hybridized carbons (Fsp3) is 0.615. The van der Waals surface area contributed by atoms with Crippen LogP contribution >= 0.6 is 0 Å². The predicted molar refractivity (Wildman–Crippen MR) is 69.5 cm³/mol. The molecule has 2 unspecified atom stereocenters. The van der Waals surface area contributed by atoms with Gasteiger partial charge in [0.05, 0.1) is 12.8 Å². The molecule has 0 aliphatic carbocycles. The summed E-state index contributed by atoms with van der Waals surface area (Å²) in [4.78, 5) is 6.33. The topological polar surface area (TPSA) is 60.6 Å². The number of nitrogens with zero attached hydrogens (tertiary/aromatic N) is 2. The van der Waals surface area contributed by atoms with E-state index in [1.807, 2.05) is 13.0 Å². The first kappa shape index (κ1) is 13.3. The number of morpholine rings is 1. The maximum absolute atomic E-state index is 5.93. The van der Waals surface area contributed by atoms with E-state index >= 15 is 0 Å². The van der Waals surface area contributed by atoms with Crippen LogP contribution in [0, 0.1) is 0 Å². The van der Waals surface area contributed by atoms with Crippen molar-refractivity contribution in [3.05, 3.63) is 24.0 Å². The minimum absolute atomic E-state index is 0.0118. The number of nitrogens with two attached hydrogens (primary N) is 1. The first-order valence-corrected chi connectivity index (χ1v) is 6.30. The van der Waals surface area contributed by atoms with Crippen LogP contribution < -0.4 is 10.5 Å². The maximum Gasteiger partial charge on any atom is 0.142 e. The van der Waals surface area contributed by atoms with Gasteiger partial charge in [-0.05, 0) is 20.0 Å². The van der Waals surface area contributed by atoms with Crippen LogP contribution in [0.25, 0.3) is 0 Å². The van der Waals surface area contributed by atoms with E-state index in [1.54, 1.807) is 12.4 Å². The number of hydrogen-bond donors (Lipinski definition) is 1. The second-order valence-electron chi connectivity index (χ2n) is 4.68. The Hall–Kier alpha value is -1.17. The van der Waals surface area contributed by atoms with Gasteiger partial charge in [-0.15, -0.1) is 0 Å². The van der Waals surface area contributed by atoms with E-state index in [4.69, 9.17) is 15.2 Å². The Morgan fingerprint density at radius 2 is 2.50 bits per heavy atom. The van der Waals surface area contributed by atoms with Gasteiger partial charge in [0.1, 0.15) is 18.0 Å². The van der Waals surface area contributed by atoms with Gasteiger partial charge < -0.3 is 20.1 Å². The van der Waals surface area contributed by atoms with Crippen LogP contribution in [-0.2, 0) is 11.3 Å². The van der Waals surface area contributed by atoms with Crippen LogP contribution in [0.2, 0.25) is 0 Å². The Kier molecular flexibility index (Phi) is 4.52. The predicted octanol–water partition coefficient (Wildman–Crippen LogP) is 0.638. The van der Waals surface area contributed by atoms with Crippen molar-refractivity contribution in [3.63, 3.8) is 0 Å². The molecule has 2 rings (SSSR count). The summed E-state index contributed by atoms with van der Waals surface area (Å²) in [7, 11) is 2.09. The Morgan fingerprint density at radius 1 is 1.67 bits per heavy atom. The molecule has 0 aromatic carbocycles. The van der Waals surface area contributed by atoms with E-state index in [0.717, 1.165) is 31.0 Å². The normalized spacial score (nSPS) is 22.7. The number of aromatic nitrogens is 1. The first-order valence-electron chi connectivity index (χ1n) is 6.30. The zero-order valence-electron chi connectivity index (χ0n) is 11.0. The number of likely N-dealkylation sites (N-methyl/N-ethyl adjacent to an activating group) is 1. The van der Waals surface area contributed by atoms with E-state index < -0.39 is 0 Å². The van der Waals surface area contributed by atoms with Crippen molar-refractivity contribution in [3.8, 4) is 5.75 Å². The monoisotopic (exact) mass is 251 g/mol. The molecule has 2 atom stereocenters. The van der Waals surface area contributed by atoms with Gasteiger partial charge in [-0.1, -0.05) is 0 Å². The Bertz CT molecular complexity index is 386. The van der Waals surface area contributed by atoms with Crippen LogP contribution in [-0.4, -0.2) is 48.8 Å². The lowest BCUT2D eigenvalue weighted by Crippen LogP contribution is -2.46. The molecule has 1 saturated heterocycles. The average Bonchev–Trinajstić information content (AvgIpc) is 2.39. The number of pyridine rings is 1. The second-order valence-corrected chi connectivity index (χ2v) is 4.68. The standard InChI is InChI=1S/C13H21N3O2/c1-10(13-9-16(2)5-6-17-13)18-12-8-15-4-3-11(12)7-14/h3-4,8,10,13H,5-7,9,14H2,1-2H3. The molecule has 2 heterocycles. The summed E-state index contributed by atoms with van der Waals surface area (Å²) in [5, 5.41) is 0. The number of hydrogen-bond acceptors (Lipinski definition) is 5. The zero-order valence-corrected chi connectivity index (χ0v) is 11.0. The molecule has 0 spiro atoms. The second kappa shape index (κ2) is 6.13. The molecule has 5 heteroatoms. The lowest BCUT2D eigenvalue weighted by molar-refractivity contribution is -0.0692. The van der Waals surface area contributed by atoms with Crippen molar-refractivity contribution < 1.29 is 9.47 Å². The number of ether oxygens (including phenoxy) is 2. The van der Waals surface area contributed by atoms with Gasteiger partial charge in [-0.2, -0.15) is 0 Å². The highest BCUT2D eigenvalue weighted by Gasteiger charge is 2.25. The highest BCUT2D eigenvalue weighted by molar-refractivity contribution is 5.29. The van der Waals surface area contributed by atoms with Crippen molar-refractivity contribution in [2.75, 3.05) is 26.7 Å². The maximum atomic E-state index is 5.93. The first-order chi connectivity index (χ1) is 8.70. The summed E-state index contributed by atoms with van der Waals surface area (Å²) in [6, 6.07) is 1.88. The molecule has 2 N–H and O–H groups in total. The van der Waals surface area contributed by atoms with E-state index in [0.29, 0.717) is 6.54 Å². The van der Waals surface area contributed by atoms with Gasteiger partial charge in [0, 0.05) is 31.4 Å². The van der Waals surface area contributed by atoms with Gasteiger partial charge in [-0.3, -0.25) is 4.98 Å². The molecule has 18 heavy (non-hydrogen) atoms. The van der Waals surface area contributed by atoms with Crippen LogP contribution in [0.5, 0.6) is 5.75 Å². The fourth-order valence-corrected chi connectivity index (χ4v) is 2.05. The SMILES string of the molecule is CC(Oc1cnccc1CN)C1CN(C)CCO1. The molecule has 5 nitrogen and oxygen atoms in total. The average molecular weight is 251 g/mol. The molecule has 0 radical (unpaired) electrons. The molecular formula is C13H21N3O2. The zero-order chi connectivity index (χ0) is 13.0. The lowest BCUT2D eigenvalue weighted by atomic mass is 10.2. The van der Waals surface area contributed by atoms with E-state index in [1.165, 1.54) is 0 Å². The Labute approximate surface area is 108 Å². The van der Waals surface area contributed by atoms with Crippen molar-refractivity contribution >= 4 is 0 Å². The minimum Gasteiger partial charge on any atom is -0.486 e. The summed E-state index contributed by atoms with van der Waals surface area (Å²) < 4.78 is 11.7. The third-order valence-electron chi connectivity index (χ3n) is 3.22. The van der Waals surface area contributed by atoms with Gasteiger partial charge >= 0.3 is 0 Å². The van der Waals surface area contributed by atoms with Crippen molar-refractivity contribution in [2.24, 2.45) is 5.73 Å². The van der Waals surface area contributed by atoms with Gasteiger partial charge in [0.25, 0.3) is 0 Å². The molecule has 0 amide bonds. The quantitative estimate of drug-likeness (QED) is 0.851. The summed E-state index contributed by atoms with van der Waals surface area (Å²) >= 11 is 0. The Balaban J connectivity index is 1.99. The number of rotatable bonds is 4. The molecular weight excluding hydrogens is 230 g/mol. The third-order valence-corrected chi connectivity index (χ3v) is 3.22. The molecule has 1 fully saturated rings. The molecule has 1 aliphatic rings. The van der Waals surface area contributed by atoms with Crippen molar-refractivity contribution in [1.82, 2.24) is 9.88 Å². The molecule has 1 aromatic rings. The fourth-order valence-electron chi connectivity index (χ4n) is 2.05. The molecule has 1 aromatic heterocycles. The van der Waals surface area contributed by atoms with Crippen LogP contribution in [0.4, 0.5) is 0 Å². The Morgan fingerprint density at radius 3 is 3.22 bits per heavy atom. The van der Waals surface area contributed by atoms with Gasteiger partial charge in [-0.25, -0.2) is 0 Å². The van der Waals surface area contributed by atoms with Gasteiger partial charge in [0.2, 0.25) is 0 Å². The lowest BCUT2D eigenvalue weighted by Gasteiger charge is -2.33. The third kappa shape index (κ3) is 3.19. The van der Waals surface area contributed by atoms with E-state index in [2.05, 4.69) is 16.9 Å². The smallest absolute Gasteiger partial charge is 0.142 e. The summed E-state index contributed by atoms with van der Waals surface area (Å²) in [5.74, 6) is 0.754.